The number of amides is 2. The Labute approximate surface area is 159 Å². The zero-order valence-electron chi connectivity index (χ0n) is 15.0. The molecule has 1 aromatic carbocycles. The number of fused-ring (bicyclic) bond motifs is 4. The minimum atomic E-state index is -3.62. The number of ether oxygens (including phenoxy) is 1. The number of carbonyl (C=O) groups excluding carboxylic acids is 2. The summed E-state index contributed by atoms with van der Waals surface area (Å²) in [4.78, 5) is 30.9. The highest BCUT2D eigenvalue weighted by Crippen LogP contribution is 2.32. The molecule has 1 atom stereocenters. The highest BCUT2D eigenvalue weighted by Gasteiger charge is 2.38. The Morgan fingerprint density at radius 1 is 1.39 bits per heavy atom. The third-order valence-electron chi connectivity index (χ3n) is 4.20. The number of nitrogens with one attached hydrogen (secondary N) is 3. The molecule has 148 valence electrons. The second-order valence-corrected chi connectivity index (χ2v) is 6.24. The summed E-state index contributed by atoms with van der Waals surface area (Å²) in [5.74, 6) is -4.59. The van der Waals surface area contributed by atoms with Gasteiger partial charge in [-0.05, 0) is 24.6 Å². The van der Waals surface area contributed by atoms with Gasteiger partial charge in [-0.1, -0.05) is 12.2 Å². The molecule has 28 heavy (non-hydrogen) atoms. The van der Waals surface area contributed by atoms with Crippen molar-refractivity contribution in [3.63, 3.8) is 0 Å². The van der Waals surface area contributed by atoms with E-state index in [2.05, 4.69) is 25.3 Å². The summed E-state index contributed by atoms with van der Waals surface area (Å²) in [6.07, 6.45) is 3.01. The third kappa shape index (κ3) is 4.17. The lowest BCUT2D eigenvalue weighted by molar-refractivity contribution is -0.139. The van der Waals surface area contributed by atoms with Crippen molar-refractivity contribution < 1.29 is 23.1 Å². The molecule has 8 nitrogen and oxygen atoms in total. The Kier molecular flexibility index (Phi) is 5.41. The number of anilines is 2. The molecule has 0 aliphatic carbocycles. The van der Waals surface area contributed by atoms with Crippen LogP contribution >= 0.6 is 0 Å². The van der Waals surface area contributed by atoms with Gasteiger partial charge in [-0.15, -0.1) is 0 Å². The number of hydrogen-bond donors (Lipinski definition) is 4. The number of aromatic nitrogens is 2. The number of methoxy groups -OCH3 is 1. The van der Waals surface area contributed by atoms with Crippen molar-refractivity contribution >= 4 is 23.4 Å². The van der Waals surface area contributed by atoms with Crippen LogP contribution in [0.4, 0.5) is 25.0 Å². The second kappa shape index (κ2) is 7.77. The maximum Gasteiger partial charge on any atom is 0.411 e. The monoisotopic (exact) mass is 391 g/mol. The van der Waals surface area contributed by atoms with E-state index in [4.69, 9.17) is 5.73 Å². The lowest BCUT2D eigenvalue weighted by Crippen LogP contribution is -2.34. The topological polar surface area (TPSA) is 122 Å². The fraction of sp³-hybridized carbons (Fsp3) is 0.278. The molecule has 0 saturated heterocycles. The number of H-pyrrole nitrogens is 1. The summed E-state index contributed by atoms with van der Waals surface area (Å²) >= 11 is 0. The van der Waals surface area contributed by atoms with E-state index in [0.29, 0.717) is 23.5 Å². The van der Waals surface area contributed by atoms with E-state index in [0.717, 1.165) is 0 Å². The van der Waals surface area contributed by atoms with Gasteiger partial charge in [-0.3, -0.25) is 10.1 Å². The van der Waals surface area contributed by atoms with E-state index < -0.39 is 30.4 Å². The molecule has 2 heterocycles. The van der Waals surface area contributed by atoms with Crippen LogP contribution in [0.15, 0.2) is 36.5 Å². The number of imidazole rings is 1. The van der Waals surface area contributed by atoms with Gasteiger partial charge in [0, 0.05) is 17.7 Å². The number of benzene rings is 1. The summed E-state index contributed by atoms with van der Waals surface area (Å²) in [7, 11) is 1.19. The number of nitrogens with zero attached hydrogens (tertiary/aromatic N) is 1. The number of rotatable bonds is 1. The molecule has 0 radical (unpaired) electrons. The first kappa shape index (κ1) is 19.5. The van der Waals surface area contributed by atoms with Gasteiger partial charge in [-0.25, -0.2) is 9.78 Å². The fourth-order valence-corrected chi connectivity index (χ4v) is 2.68. The first-order valence-electron chi connectivity index (χ1n) is 8.44. The predicted molar refractivity (Wildman–Crippen MR) is 98.9 cm³/mol. The Hall–Kier alpha value is -3.27. The molecule has 0 fully saturated rings. The molecule has 5 N–H and O–H groups in total. The van der Waals surface area contributed by atoms with Crippen LogP contribution in [-0.4, -0.2) is 35.0 Å². The molecule has 1 aliphatic heterocycles. The summed E-state index contributed by atoms with van der Waals surface area (Å²) < 4.78 is 32.9. The number of nitrogens with two attached hydrogens (primary N) is 1. The van der Waals surface area contributed by atoms with E-state index in [1.807, 2.05) is 0 Å². The summed E-state index contributed by atoms with van der Waals surface area (Å²) in [5.41, 5.74) is 7.27. The molecule has 0 spiro atoms. The lowest BCUT2D eigenvalue weighted by atomic mass is 10.1. The standard InChI is InChI=1S/C18H19F2N5O3/c1-28-17(27)23-10-5-6-11-13(8-10)25-16(26)18(19,20)7-3-2-4-12(21)15-22-9-14(11)24-15/h2-3,5-6,8-9,12H,4,7,21H2,1H3,(H,22,24)(H,23,27)(H,25,26)/b3-2-/t12-/m0/s1. The Balaban J connectivity index is 2.07. The molecular weight excluding hydrogens is 372 g/mol. The van der Waals surface area contributed by atoms with Crippen LogP contribution in [0.2, 0.25) is 0 Å². The molecule has 0 unspecified atom stereocenters. The van der Waals surface area contributed by atoms with Gasteiger partial charge in [-0.2, -0.15) is 8.78 Å². The average molecular weight is 391 g/mol. The highest BCUT2D eigenvalue weighted by atomic mass is 19.3. The molecule has 1 aliphatic rings. The highest BCUT2D eigenvalue weighted by molar-refractivity contribution is 6.00. The van der Waals surface area contributed by atoms with Crippen LogP contribution in [0.3, 0.4) is 0 Å². The average Bonchev–Trinajstić information content (AvgIpc) is 3.14. The van der Waals surface area contributed by atoms with Crippen LogP contribution < -0.4 is 16.4 Å². The van der Waals surface area contributed by atoms with Crippen molar-refractivity contribution in [3.05, 3.63) is 42.4 Å². The van der Waals surface area contributed by atoms with E-state index >= 15 is 0 Å². The van der Waals surface area contributed by atoms with Crippen LogP contribution in [0.25, 0.3) is 11.3 Å². The third-order valence-corrected chi connectivity index (χ3v) is 4.20. The minimum Gasteiger partial charge on any atom is -0.453 e. The van der Waals surface area contributed by atoms with Crippen LogP contribution in [-0.2, 0) is 9.53 Å². The largest absolute Gasteiger partial charge is 0.453 e. The maximum atomic E-state index is 14.2. The first-order valence-corrected chi connectivity index (χ1v) is 8.44. The normalized spacial score (nSPS) is 19.9. The predicted octanol–water partition coefficient (Wildman–Crippen LogP) is 3.18. The number of halogens is 2. The lowest BCUT2D eigenvalue weighted by Gasteiger charge is -2.17. The fourth-order valence-electron chi connectivity index (χ4n) is 2.68. The zero-order chi connectivity index (χ0) is 20.3. The van der Waals surface area contributed by atoms with Crippen molar-refractivity contribution in [1.82, 2.24) is 9.97 Å². The number of aromatic amines is 1. The van der Waals surface area contributed by atoms with Gasteiger partial charge in [0.2, 0.25) is 0 Å². The van der Waals surface area contributed by atoms with E-state index in [-0.39, 0.29) is 11.4 Å². The van der Waals surface area contributed by atoms with Crippen LogP contribution in [0.5, 0.6) is 0 Å². The number of allylic oxidation sites excluding steroid dienone is 1. The second-order valence-electron chi connectivity index (χ2n) is 6.24. The van der Waals surface area contributed by atoms with Gasteiger partial charge in [0.25, 0.3) is 5.91 Å². The Morgan fingerprint density at radius 2 is 2.18 bits per heavy atom. The minimum absolute atomic E-state index is 0.0746. The Bertz CT molecular complexity index is 926. The maximum absolute atomic E-state index is 14.2. The smallest absolute Gasteiger partial charge is 0.411 e. The molecule has 3 rings (SSSR count). The van der Waals surface area contributed by atoms with E-state index in [1.54, 1.807) is 12.1 Å². The number of carbonyl (C=O) groups is 2. The van der Waals surface area contributed by atoms with Crippen LogP contribution in [0.1, 0.15) is 24.7 Å². The molecule has 2 aromatic rings. The van der Waals surface area contributed by atoms with Gasteiger partial charge in [0.15, 0.2) is 0 Å². The van der Waals surface area contributed by atoms with Crippen molar-refractivity contribution in [2.45, 2.75) is 24.8 Å². The first-order chi connectivity index (χ1) is 13.3. The van der Waals surface area contributed by atoms with Gasteiger partial charge >= 0.3 is 12.0 Å². The number of hydrogen-bond acceptors (Lipinski definition) is 5. The van der Waals surface area contributed by atoms with Crippen molar-refractivity contribution in [3.8, 4) is 11.3 Å². The van der Waals surface area contributed by atoms with Gasteiger partial charge in [0.1, 0.15) is 5.82 Å². The molecular formula is C18H19F2N5O3. The quantitative estimate of drug-likeness (QED) is 0.556. The van der Waals surface area contributed by atoms with Crippen molar-refractivity contribution in [2.24, 2.45) is 5.73 Å². The summed E-state index contributed by atoms with van der Waals surface area (Å²) in [5, 5.41) is 4.66. The van der Waals surface area contributed by atoms with E-state index in [9.17, 15) is 18.4 Å². The molecule has 10 heteroatoms. The number of alkyl halides is 2. The van der Waals surface area contributed by atoms with E-state index in [1.165, 1.54) is 31.5 Å². The van der Waals surface area contributed by atoms with Crippen molar-refractivity contribution in [1.29, 1.82) is 0 Å². The summed E-state index contributed by atoms with van der Waals surface area (Å²) in [6.45, 7) is 0. The summed E-state index contributed by atoms with van der Waals surface area (Å²) in [6, 6.07) is 3.95. The SMILES string of the molecule is COC(=O)Nc1ccc2c(c1)NC(=O)C(F)(F)C/C=C\C[C@H](N)c1ncc-2[nH]1. The molecule has 1 aromatic heterocycles. The Morgan fingerprint density at radius 3 is 2.93 bits per heavy atom. The van der Waals surface area contributed by atoms with Crippen LogP contribution in [0, 0.1) is 0 Å². The van der Waals surface area contributed by atoms with Gasteiger partial charge in [0.05, 0.1) is 30.7 Å². The van der Waals surface area contributed by atoms with Crippen molar-refractivity contribution in [2.75, 3.05) is 17.7 Å². The zero-order valence-corrected chi connectivity index (χ0v) is 15.0. The molecule has 2 bridgehead atoms. The van der Waals surface area contributed by atoms with Gasteiger partial charge < -0.3 is 20.8 Å². The molecule has 2 amide bonds. The molecule has 0 saturated carbocycles.